The van der Waals surface area contributed by atoms with Crippen LogP contribution in [-0.4, -0.2) is 45.9 Å². The van der Waals surface area contributed by atoms with Crippen molar-refractivity contribution in [3.63, 3.8) is 0 Å². The number of rotatable bonds is 2. The third kappa shape index (κ3) is 2.75. The van der Waals surface area contributed by atoms with Gasteiger partial charge < -0.3 is 9.64 Å². The summed E-state index contributed by atoms with van der Waals surface area (Å²) in [6, 6.07) is 7.34. The zero-order valence-corrected chi connectivity index (χ0v) is 13.8. The van der Waals surface area contributed by atoms with Crippen LogP contribution in [0.1, 0.15) is 32.1 Å². The lowest BCUT2D eigenvalue weighted by atomic mass is 9.92. The highest BCUT2D eigenvalue weighted by molar-refractivity contribution is 5.79. The molecule has 2 aromatic rings. The molecule has 1 aromatic heterocycles. The fraction of sp³-hybridized carbons (Fsp3) is 0.556. The highest BCUT2D eigenvalue weighted by Crippen LogP contribution is 2.35. The van der Waals surface area contributed by atoms with Gasteiger partial charge in [0.2, 0.25) is 5.91 Å². The number of aromatic nitrogens is 2. The fourth-order valence-electron chi connectivity index (χ4n) is 4.02. The highest BCUT2D eigenvalue weighted by Gasteiger charge is 2.37. The molecule has 1 spiro atoms. The molecule has 0 saturated carbocycles. The minimum absolute atomic E-state index is 0.00120. The maximum atomic E-state index is 12.7. The van der Waals surface area contributed by atoms with Crippen molar-refractivity contribution < 1.29 is 9.53 Å². The number of carbonyl (C=O) groups is 1. The van der Waals surface area contributed by atoms with E-state index in [1.807, 2.05) is 23.1 Å². The molecule has 1 amide bonds. The van der Waals surface area contributed by atoms with Crippen molar-refractivity contribution in [2.45, 2.75) is 44.2 Å². The van der Waals surface area contributed by atoms with E-state index >= 15 is 0 Å². The van der Waals surface area contributed by atoms with Crippen molar-refractivity contribution in [2.24, 2.45) is 0 Å². The molecule has 1 atom stereocenters. The van der Waals surface area contributed by atoms with Crippen LogP contribution < -0.4 is 5.56 Å². The van der Waals surface area contributed by atoms with E-state index in [-0.39, 0.29) is 23.6 Å². The van der Waals surface area contributed by atoms with E-state index in [0.717, 1.165) is 50.8 Å². The number of amides is 1. The Labute approximate surface area is 140 Å². The Balaban J connectivity index is 1.47. The summed E-state index contributed by atoms with van der Waals surface area (Å²) in [5, 5.41) is 3.65. The lowest BCUT2D eigenvalue weighted by Crippen LogP contribution is -2.38. The third-order valence-electron chi connectivity index (χ3n) is 5.39. The summed E-state index contributed by atoms with van der Waals surface area (Å²) in [6.45, 7) is 2.38. The van der Waals surface area contributed by atoms with E-state index in [0.29, 0.717) is 11.9 Å². The monoisotopic (exact) mass is 329 g/mol. The fourth-order valence-corrected chi connectivity index (χ4v) is 4.02. The molecule has 6 nitrogen and oxygen atoms in total. The lowest BCUT2D eigenvalue weighted by Gasteiger charge is -2.26. The zero-order valence-electron chi connectivity index (χ0n) is 13.8. The Hall–Kier alpha value is -2.08. The van der Waals surface area contributed by atoms with Crippen LogP contribution in [-0.2, 0) is 16.1 Å². The van der Waals surface area contributed by atoms with Crippen molar-refractivity contribution in [3.8, 4) is 0 Å². The molecule has 2 saturated heterocycles. The Bertz CT molecular complexity index is 801. The molecule has 128 valence electrons. The van der Waals surface area contributed by atoms with Crippen molar-refractivity contribution in [1.82, 2.24) is 14.7 Å². The molecule has 0 radical (unpaired) electrons. The number of carbonyl (C=O) groups excluding carboxylic acids is 1. The quantitative estimate of drug-likeness (QED) is 0.915. The Kier molecular flexibility index (Phi) is 3.92. The summed E-state index contributed by atoms with van der Waals surface area (Å²) in [7, 11) is 0. The van der Waals surface area contributed by atoms with Crippen molar-refractivity contribution in [1.29, 1.82) is 0 Å². The number of fused-ring (bicyclic) bond motifs is 1. The van der Waals surface area contributed by atoms with Crippen LogP contribution in [0.4, 0.5) is 0 Å². The number of likely N-dealkylation sites (tertiary alicyclic amines) is 1. The van der Waals surface area contributed by atoms with Gasteiger partial charge in [0.1, 0.15) is 6.54 Å². The number of ether oxygens (including phenoxy) is 1. The largest absolute Gasteiger partial charge is 0.375 e. The molecule has 0 aliphatic carbocycles. The molecule has 0 unspecified atom stereocenters. The summed E-state index contributed by atoms with van der Waals surface area (Å²) < 4.78 is 7.38. The Morgan fingerprint density at radius 3 is 2.79 bits per heavy atom. The lowest BCUT2D eigenvalue weighted by molar-refractivity contribution is -0.132. The van der Waals surface area contributed by atoms with Gasteiger partial charge in [-0.05, 0) is 44.2 Å². The van der Waals surface area contributed by atoms with Crippen molar-refractivity contribution in [2.75, 3.05) is 19.7 Å². The first kappa shape index (κ1) is 15.4. The molecular formula is C18H23N3O3. The van der Waals surface area contributed by atoms with Gasteiger partial charge in [0, 0.05) is 19.7 Å². The normalized spacial score (nSPS) is 24.6. The summed E-state index contributed by atoms with van der Waals surface area (Å²) in [5.74, 6) is -0.00120. The Morgan fingerprint density at radius 2 is 2.00 bits per heavy atom. The molecule has 2 aliphatic heterocycles. The molecule has 24 heavy (non-hydrogen) atoms. The number of H-pyrrole nitrogens is 1. The average molecular weight is 329 g/mol. The number of nitrogens with one attached hydrogen (secondary N) is 1. The highest BCUT2D eigenvalue weighted by atomic mass is 16.5. The van der Waals surface area contributed by atoms with Gasteiger partial charge in [-0.2, -0.15) is 0 Å². The maximum Gasteiger partial charge on any atom is 0.274 e. The van der Waals surface area contributed by atoms with Crippen LogP contribution in [0.25, 0.3) is 10.9 Å². The van der Waals surface area contributed by atoms with Crippen molar-refractivity contribution >= 4 is 16.8 Å². The first-order valence-electron chi connectivity index (χ1n) is 8.76. The number of hydrogen-bond acceptors (Lipinski definition) is 3. The van der Waals surface area contributed by atoms with E-state index < -0.39 is 0 Å². The number of hydrogen-bond donors (Lipinski definition) is 1. The maximum absolute atomic E-state index is 12.7. The van der Waals surface area contributed by atoms with E-state index in [9.17, 15) is 9.59 Å². The molecule has 4 rings (SSSR count). The summed E-state index contributed by atoms with van der Waals surface area (Å²) in [6.07, 6.45) is 5.13. The van der Waals surface area contributed by atoms with Gasteiger partial charge in [-0.1, -0.05) is 12.1 Å². The standard InChI is InChI=1S/C18H23N3O3/c22-16(13-21-17(23)14-5-1-2-6-15(14)19-21)20-10-3-7-18(9-11-20)8-4-12-24-18/h1-2,5-6,19H,3-4,7-13H2/t18-/m1/s1. The minimum Gasteiger partial charge on any atom is -0.375 e. The molecule has 1 N–H and O–H groups in total. The summed E-state index contributed by atoms with van der Waals surface area (Å²) >= 11 is 0. The van der Waals surface area contributed by atoms with E-state index in [2.05, 4.69) is 5.10 Å². The SMILES string of the molecule is O=C(Cn1[nH]c2ccccc2c1=O)N1CCC[C@@]2(CCCO2)CC1. The van der Waals surface area contributed by atoms with Gasteiger partial charge in [-0.25, -0.2) is 4.68 Å². The van der Waals surface area contributed by atoms with Crippen LogP contribution in [0, 0.1) is 0 Å². The van der Waals surface area contributed by atoms with Crippen molar-refractivity contribution in [3.05, 3.63) is 34.6 Å². The van der Waals surface area contributed by atoms with Gasteiger partial charge in [0.05, 0.1) is 16.5 Å². The molecular weight excluding hydrogens is 306 g/mol. The molecule has 6 heteroatoms. The molecule has 3 heterocycles. The summed E-state index contributed by atoms with van der Waals surface area (Å²) in [5.41, 5.74) is 0.626. The van der Waals surface area contributed by atoms with Crippen LogP contribution in [0.3, 0.4) is 0 Å². The number of aromatic amines is 1. The average Bonchev–Trinajstić information content (AvgIpc) is 3.09. The van der Waals surface area contributed by atoms with E-state index in [4.69, 9.17) is 4.74 Å². The molecule has 2 fully saturated rings. The second-order valence-corrected chi connectivity index (χ2v) is 6.92. The molecule has 2 aliphatic rings. The van der Waals surface area contributed by atoms with Gasteiger partial charge in [-0.3, -0.25) is 14.7 Å². The Morgan fingerprint density at radius 1 is 1.17 bits per heavy atom. The number of para-hydroxylation sites is 1. The first-order chi connectivity index (χ1) is 11.7. The van der Waals surface area contributed by atoms with Gasteiger partial charge in [-0.15, -0.1) is 0 Å². The van der Waals surface area contributed by atoms with E-state index in [1.54, 1.807) is 6.07 Å². The van der Waals surface area contributed by atoms with Crippen LogP contribution in [0.15, 0.2) is 29.1 Å². The van der Waals surface area contributed by atoms with Gasteiger partial charge >= 0.3 is 0 Å². The van der Waals surface area contributed by atoms with Gasteiger partial charge in [0.15, 0.2) is 0 Å². The number of nitrogens with zero attached hydrogens (tertiary/aromatic N) is 2. The number of benzene rings is 1. The topological polar surface area (TPSA) is 67.3 Å². The van der Waals surface area contributed by atoms with Crippen LogP contribution in [0.5, 0.6) is 0 Å². The first-order valence-corrected chi connectivity index (χ1v) is 8.76. The predicted octanol–water partition coefficient (Wildman–Crippen LogP) is 1.89. The molecule has 1 aromatic carbocycles. The zero-order chi connectivity index (χ0) is 16.6. The van der Waals surface area contributed by atoms with E-state index in [1.165, 1.54) is 4.68 Å². The second kappa shape index (κ2) is 6.09. The minimum atomic E-state index is -0.135. The van der Waals surface area contributed by atoms with Gasteiger partial charge in [0.25, 0.3) is 5.56 Å². The third-order valence-corrected chi connectivity index (χ3v) is 5.39. The summed E-state index contributed by atoms with van der Waals surface area (Å²) in [4.78, 5) is 26.9. The smallest absolute Gasteiger partial charge is 0.274 e. The molecule has 0 bridgehead atoms. The predicted molar refractivity (Wildman–Crippen MR) is 90.9 cm³/mol. The second-order valence-electron chi connectivity index (χ2n) is 6.92. The van der Waals surface area contributed by atoms with Crippen LogP contribution in [0.2, 0.25) is 0 Å². The van der Waals surface area contributed by atoms with Crippen LogP contribution >= 0.6 is 0 Å².